The third kappa shape index (κ3) is 4.10. The summed E-state index contributed by atoms with van der Waals surface area (Å²) in [7, 11) is 1.60. The largest absolute Gasteiger partial charge is 0.451 e. The lowest BCUT2D eigenvalue weighted by molar-refractivity contribution is -0.298. The molecule has 2 fully saturated rings. The van der Waals surface area contributed by atoms with E-state index in [0.717, 1.165) is 30.0 Å². The van der Waals surface area contributed by atoms with Crippen LogP contribution in [0.2, 0.25) is 0 Å². The number of hydrogen-bond donors (Lipinski definition) is 0. The molecule has 0 N–H and O–H groups in total. The van der Waals surface area contributed by atoms with Crippen LogP contribution >= 0.6 is 0 Å². The quantitative estimate of drug-likeness (QED) is 0.432. The van der Waals surface area contributed by atoms with E-state index in [4.69, 9.17) is 33.4 Å². The van der Waals surface area contributed by atoms with Crippen molar-refractivity contribution in [1.82, 2.24) is 14.8 Å². The van der Waals surface area contributed by atoms with Gasteiger partial charge in [-0.3, -0.25) is 0 Å². The highest BCUT2D eigenvalue weighted by molar-refractivity contribution is 5.88. The zero-order valence-corrected chi connectivity index (χ0v) is 19.9. The SMILES string of the molecule is COC1(c2cc3nc(-n4ccc(-c5cccc(C)c5)n4)cc(N4CCOCC4)c3o2)COCCO1. The van der Waals surface area contributed by atoms with Crippen LogP contribution in [0.15, 0.2) is 53.1 Å². The monoisotopic (exact) mass is 476 g/mol. The van der Waals surface area contributed by atoms with E-state index >= 15 is 0 Å². The molecule has 0 radical (unpaired) electrons. The standard InChI is InChI=1S/C26H28N4O5/c1-18-4-3-5-19(14-18)20-6-7-30(28-20)24-16-22(29-8-10-32-11-9-29)25-21(27-24)15-23(35-25)26(31-2)17-33-12-13-34-26/h3-7,14-16H,8-13,17H2,1-2H3. The van der Waals surface area contributed by atoms with Crippen molar-refractivity contribution in [3.63, 3.8) is 0 Å². The summed E-state index contributed by atoms with van der Waals surface area (Å²) < 4.78 is 31.1. The van der Waals surface area contributed by atoms with Gasteiger partial charge >= 0.3 is 0 Å². The third-order valence-electron chi connectivity index (χ3n) is 6.50. The summed E-state index contributed by atoms with van der Waals surface area (Å²) in [4.78, 5) is 7.16. The zero-order chi connectivity index (χ0) is 23.8. The minimum absolute atomic E-state index is 0.252. The summed E-state index contributed by atoms with van der Waals surface area (Å²) >= 11 is 0. The molecule has 2 aliphatic heterocycles. The summed E-state index contributed by atoms with van der Waals surface area (Å²) in [6.07, 6.45) is 1.94. The van der Waals surface area contributed by atoms with E-state index < -0.39 is 5.79 Å². The van der Waals surface area contributed by atoms with Crippen molar-refractivity contribution in [1.29, 1.82) is 0 Å². The van der Waals surface area contributed by atoms with Crippen LogP contribution < -0.4 is 4.90 Å². The number of anilines is 1. The topological polar surface area (TPSA) is 84.0 Å². The number of fused-ring (bicyclic) bond motifs is 1. The number of furan rings is 1. The van der Waals surface area contributed by atoms with Gasteiger partial charge in [-0.25, -0.2) is 9.67 Å². The average Bonchev–Trinajstić information content (AvgIpc) is 3.57. The summed E-state index contributed by atoms with van der Waals surface area (Å²) in [6.45, 7) is 6.12. The molecular formula is C26H28N4O5. The van der Waals surface area contributed by atoms with Gasteiger partial charge in [0, 0.05) is 44.1 Å². The summed E-state index contributed by atoms with van der Waals surface area (Å²) in [6, 6.07) is 14.2. The van der Waals surface area contributed by atoms with Crippen molar-refractivity contribution < 1.29 is 23.4 Å². The Bertz CT molecular complexity index is 1330. The minimum atomic E-state index is -1.09. The fourth-order valence-electron chi connectivity index (χ4n) is 4.62. The molecule has 1 unspecified atom stereocenters. The Morgan fingerprint density at radius 1 is 1.00 bits per heavy atom. The van der Waals surface area contributed by atoms with Gasteiger partial charge in [-0.05, 0) is 19.1 Å². The zero-order valence-electron chi connectivity index (χ0n) is 19.9. The van der Waals surface area contributed by atoms with E-state index in [1.54, 1.807) is 11.8 Å². The van der Waals surface area contributed by atoms with Crippen molar-refractivity contribution in [2.24, 2.45) is 0 Å². The van der Waals surface area contributed by atoms with Gasteiger partial charge in [-0.15, -0.1) is 0 Å². The van der Waals surface area contributed by atoms with Crippen molar-refractivity contribution in [3.05, 3.63) is 60.0 Å². The van der Waals surface area contributed by atoms with Gasteiger partial charge in [-0.2, -0.15) is 5.10 Å². The summed E-state index contributed by atoms with van der Waals surface area (Å²) in [5.74, 6) is 0.151. The normalized spacial score (nSPS) is 21.0. The number of hydrogen-bond acceptors (Lipinski definition) is 8. The molecule has 9 heteroatoms. The molecule has 182 valence electrons. The van der Waals surface area contributed by atoms with Crippen LogP contribution in [0.25, 0.3) is 28.2 Å². The molecule has 0 amide bonds. The molecule has 0 saturated carbocycles. The average molecular weight is 477 g/mol. The molecule has 2 aliphatic rings. The second-order valence-electron chi connectivity index (χ2n) is 8.80. The van der Waals surface area contributed by atoms with Crippen LogP contribution in [0.5, 0.6) is 0 Å². The minimum Gasteiger partial charge on any atom is -0.451 e. The molecule has 35 heavy (non-hydrogen) atoms. The number of methoxy groups -OCH3 is 1. The Hall–Kier alpha value is -3.24. The molecule has 9 nitrogen and oxygen atoms in total. The number of pyridine rings is 1. The molecule has 5 heterocycles. The van der Waals surface area contributed by atoms with Crippen molar-refractivity contribution in [2.45, 2.75) is 12.7 Å². The summed E-state index contributed by atoms with van der Waals surface area (Å²) in [5.41, 5.74) is 5.48. The molecule has 1 aromatic carbocycles. The van der Waals surface area contributed by atoms with E-state index in [0.29, 0.717) is 49.1 Å². The van der Waals surface area contributed by atoms with E-state index in [2.05, 4.69) is 30.0 Å². The van der Waals surface area contributed by atoms with Gasteiger partial charge in [-0.1, -0.05) is 23.8 Å². The van der Waals surface area contributed by atoms with E-state index in [1.807, 2.05) is 30.5 Å². The lowest BCUT2D eigenvalue weighted by Gasteiger charge is -2.33. The maximum absolute atomic E-state index is 6.36. The molecule has 0 bridgehead atoms. The molecule has 1 atom stereocenters. The Labute approximate surface area is 203 Å². The first-order valence-corrected chi connectivity index (χ1v) is 11.8. The Morgan fingerprint density at radius 3 is 2.66 bits per heavy atom. The number of ether oxygens (including phenoxy) is 4. The smallest absolute Gasteiger partial charge is 0.252 e. The second-order valence-corrected chi connectivity index (χ2v) is 8.80. The number of rotatable bonds is 5. The predicted molar refractivity (Wildman–Crippen MR) is 130 cm³/mol. The van der Waals surface area contributed by atoms with Gasteiger partial charge in [0.25, 0.3) is 5.79 Å². The first kappa shape index (κ1) is 22.2. The van der Waals surface area contributed by atoms with Crippen molar-refractivity contribution in [3.8, 4) is 17.1 Å². The lowest BCUT2D eigenvalue weighted by Crippen LogP contribution is -2.42. The molecule has 2 saturated heterocycles. The number of morpholine rings is 1. The Balaban J connectivity index is 1.45. The van der Waals surface area contributed by atoms with Gasteiger partial charge in [0.2, 0.25) is 0 Å². The highest BCUT2D eigenvalue weighted by atomic mass is 16.7. The lowest BCUT2D eigenvalue weighted by atomic mass is 10.1. The maximum Gasteiger partial charge on any atom is 0.252 e. The molecule has 0 spiro atoms. The highest BCUT2D eigenvalue weighted by Crippen LogP contribution is 2.38. The fourth-order valence-corrected chi connectivity index (χ4v) is 4.62. The van der Waals surface area contributed by atoms with Gasteiger partial charge in [0.1, 0.15) is 12.1 Å². The fraction of sp³-hybridized carbons (Fsp3) is 0.385. The second kappa shape index (κ2) is 9.09. The number of benzene rings is 1. The summed E-state index contributed by atoms with van der Waals surface area (Å²) in [5, 5.41) is 4.82. The van der Waals surface area contributed by atoms with Crippen LogP contribution in [0.4, 0.5) is 5.69 Å². The first-order valence-electron chi connectivity index (χ1n) is 11.8. The number of aryl methyl sites for hydroxylation is 1. The van der Waals surface area contributed by atoms with Crippen LogP contribution in [-0.4, -0.2) is 68.0 Å². The van der Waals surface area contributed by atoms with Gasteiger partial charge in [0.15, 0.2) is 17.2 Å². The maximum atomic E-state index is 6.36. The van der Waals surface area contributed by atoms with Crippen LogP contribution in [0, 0.1) is 6.92 Å². The first-order chi connectivity index (χ1) is 17.1. The van der Waals surface area contributed by atoms with Gasteiger partial charge < -0.3 is 28.3 Å². The number of aromatic nitrogens is 3. The van der Waals surface area contributed by atoms with Crippen LogP contribution in [0.3, 0.4) is 0 Å². The van der Waals surface area contributed by atoms with Crippen molar-refractivity contribution in [2.75, 3.05) is 58.1 Å². The van der Waals surface area contributed by atoms with E-state index in [1.165, 1.54) is 5.56 Å². The Morgan fingerprint density at radius 2 is 1.89 bits per heavy atom. The van der Waals surface area contributed by atoms with Crippen molar-refractivity contribution >= 4 is 16.8 Å². The predicted octanol–water partition coefficient (Wildman–Crippen LogP) is 3.67. The van der Waals surface area contributed by atoms with Crippen LogP contribution in [-0.2, 0) is 24.7 Å². The third-order valence-corrected chi connectivity index (χ3v) is 6.50. The molecule has 4 aromatic rings. The highest BCUT2D eigenvalue weighted by Gasteiger charge is 2.40. The molecular weight excluding hydrogens is 448 g/mol. The van der Waals surface area contributed by atoms with E-state index in [-0.39, 0.29) is 6.61 Å². The molecule has 0 aliphatic carbocycles. The van der Waals surface area contributed by atoms with Crippen LogP contribution in [0.1, 0.15) is 11.3 Å². The Kier molecular flexibility index (Phi) is 5.77. The molecule has 3 aromatic heterocycles. The number of nitrogens with zero attached hydrogens (tertiary/aromatic N) is 4. The van der Waals surface area contributed by atoms with Gasteiger partial charge in [0.05, 0.1) is 37.8 Å². The van der Waals surface area contributed by atoms with E-state index in [9.17, 15) is 0 Å². The molecule has 6 rings (SSSR count).